The number of rotatable bonds is 5. The van der Waals surface area contributed by atoms with Gasteiger partial charge in [0.25, 0.3) is 0 Å². The molecule has 1 aromatic carbocycles. The lowest BCUT2D eigenvalue weighted by molar-refractivity contribution is -0.123. The van der Waals surface area contributed by atoms with Crippen molar-refractivity contribution >= 4 is 23.2 Å². The second-order valence-electron chi connectivity index (χ2n) is 7.21. The minimum Gasteiger partial charge on any atom is -0.358 e. The fraction of sp³-hybridized carbons (Fsp3) is 0.600. The number of carbonyl (C=O) groups excluding carboxylic acids is 1. The van der Waals surface area contributed by atoms with Crippen LogP contribution in [0, 0.1) is 11.8 Å². The van der Waals surface area contributed by atoms with E-state index in [9.17, 15) is 4.79 Å². The highest BCUT2D eigenvalue weighted by molar-refractivity contribution is 7.80. The molecule has 4 atom stereocenters. The molecule has 0 spiro atoms. The number of hydrogen-bond acceptors (Lipinski definition) is 2. The van der Waals surface area contributed by atoms with Gasteiger partial charge >= 0.3 is 0 Å². The second-order valence-corrected chi connectivity index (χ2v) is 7.62. The van der Waals surface area contributed by atoms with Gasteiger partial charge in [-0.1, -0.05) is 70.4 Å². The van der Waals surface area contributed by atoms with Crippen LogP contribution in [0.1, 0.15) is 64.4 Å². The van der Waals surface area contributed by atoms with Gasteiger partial charge in [0.05, 0.1) is 5.92 Å². The standard InChI is InChI=1S/C20H31N3OS/c1-4-9-17(16-11-6-5-7-12-16)19(24)22-23-20(25)21-18-13-8-10-14(2)15(18)3/h5-7,11-12,14-15,17-18H,4,8-10,13H2,1-3H3,(H,22,24)(H2,21,23,25)/t14-,15-,17-,18+/m0/s1. The molecule has 0 radical (unpaired) electrons. The first-order chi connectivity index (χ1) is 12.0. The summed E-state index contributed by atoms with van der Waals surface area (Å²) in [5.41, 5.74) is 6.72. The molecule has 2 rings (SSSR count). The van der Waals surface area contributed by atoms with Gasteiger partial charge in [-0.25, -0.2) is 0 Å². The first kappa shape index (κ1) is 19.7. The molecule has 1 aliphatic rings. The lowest BCUT2D eigenvalue weighted by atomic mass is 9.78. The van der Waals surface area contributed by atoms with Crippen molar-refractivity contribution in [3.8, 4) is 0 Å². The first-order valence-electron chi connectivity index (χ1n) is 9.44. The molecule has 0 heterocycles. The number of amides is 1. The molecule has 0 saturated heterocycles. The molecule has 1 fully saturated rings. The molecule has 1 aliphatic carbocycles. The van der Waals surface area contributed by atoms with Crippen LogP contribution in [0.25, 0.3) is 0 Å². The van der Waals surface area contributed by atoms with Gasteiger partial charge in [0.2, 0.25) is 5.91 Å². The number of hydrogen-bond donors (Lipinski definition) is 3. The lowest BCUT2D eigenvalue weighted by Gasteiger charge is -2.35. The monoisotopic (exact) mass is 361 g/mol. The van der Waals surface area contributed by atoms with Crippen LogP contribution in [-0.4, -0.2) is 17.1 Å². The van der Waals surface area contributed by atoms with Crippen molar-refractivity contribution in [2.24, 2.45) is 11.8 Å². The number of nitrogens with one attached hydrogen (secondary N) is 3. The van der Waals surface area contributed by atoms with E-state index >= 15 is 0 Å². The minimum atomic E-state index is -0.157. The van der Waals surface area contributed by atoms with Crippen molar-refractivity contribution in [2.45, 2.75) is 64.8 Å². The Balaban J connectivity index is 1.86. The Kier molecular flexibility index (Phi) is 7.69. The number of thiocarbonyl (C=S) groups is 1. The SMILES string of the molecule is CCC[C@H](C(=O)NNC(=S)N[C@@H]1CCC[C@H](C)[C@@H]1C)c1ccccc1. The van der Waals surface area contributed by atoms with Gasteiger partial charge in [0.1, 0.15) is 0 Å². The van der Waals surface area contributed by atoms with Crippen LogP contribution >= 0.6 is 12.2 Å². The van der Waals surface area contributed by atoms with E-state index in [1.54, 1.807) is 0 Å². The van der Waals surface area contributed by atoms with Crippen LogP contribution < -0.4 is 16.2 Å². The van der Waals surface area contributed by atoms with Gasteiger partial charge in [-0.2, -0.15) is 0 Å². The first-order valence-corrected chi connectivity index (χ1v) is 9.85. The average molecular weight is 362 g/mol. The van der Waals surface area contributed by atoms with Gasteiger partial charge in [-0.15, -0.1) is 0 Å². The largest absolute Gasteiger partial charge is 0.358 e. The van der Waals surface area contributed by atoms with Crippen LogP contribution in [0.2, 0.25) is 0 Å². The third-order valence-corrected chi connectivity index (χ3v) is 5.64. The second kappa shape index (κ2) is 9.76. The van der Waals surface area contributed by atoms with E-state index in [4.69, 9.17) is 12.2 Å². The van der Waals surface area contributed by atoms with Crippen LogP contribution in [0.5, 0.6) is 0 Å². The molecule has 1 aromatic rings. The zero-order valence-electron chi connectivity index (χ0n) is 15.5. The van der Waals surface area contributed by atoms with E-state index < -0.39 is 0 Å². The van der Waals surface area contributed by atoms with E-state index in [0.717, 1.165) is 24.8 Å². The predicted octanol–water partition coefficient (Wildman–Crippen LogP) is 3.89. The van der Waals surface area contributed by atoms with E-state index in [1.807, 2.05) is 30.3 Å². The Morgan fingerprint density at radius 1 is 1.20 bits per heavy atom. The Morgan fingerprint density at radius 3 is 2.60 bits per heavy atom. The van der Waals surface area contributed by atoms with Crippen molar-refractivity contribution in [1.29, 1.82) is 0 Å². The molecule has 138 valence electrons. The van der Waals surface area contributed by atoms with Crippen molar-refractivity contribution in [1.82, 2.24) is 16.2 Å². The molecule has 0 bridgehead atoms. The zero-order chi connectivity index (χ0) is 18.2. The number of hydrazine groups is 1. The fourth-order valence-electron chi connectivity index (χ4n) is 3.62. The predicted molar refractivity (Wildman–Crippen MR) is 107 cm³/mol. The molecular formula is C20H31N3OS. The molecule has 0 aliphatic heterocycles. The lowest BCUT2D eigenvalue weighted by Crippen LogP contribution is -2.53. The van der Waals surface area contributed by atoms with Crippen molar-refractivity contribution in [3.63, 3.8) is 0 Å². The molecular weight excluding hydrogens is 330 g/mol. The van der Waals surface area contributed by atoms with E-state index in [-0.39, 0.29) is 11.8 Å². The van der Waals surface area contributed by atoms with Crippen LogP contribution in [0.4, 0.5) is 0 Å². The fourth-order valence-corrected chi connectivity index (χ4v) is 3.82. The van der Waals surface area contributed by atoms with Gasteiger partial charge in [-0.3, -0.25) is 15.6 Å². The third kappa shape index (κ3) is 5.70. The molecule has 5 heteroatoms. The maximum Gasteiger partial charge on any atom is 0.245 e. The van der Waals surface area contributed by atoms with E-state index in [2.05, 4.69) is 36.9 Å². The maximum absolute atomic E-state index is 12.6. The topological polar surface area (TPSA) is 53.2 Å². The van der Waals surface area contributed by atoms with Gasteiger partial charge < -0.3 is 5.32 Å². The number of carbonyl (C=O) groups is 1. The third-order valence-electron chi connectivity index (χ3n) is 5.42. The quantitative estimate of drug-likeness (QED) is 0.550. The summed E-state index contributed by atoms with van der Waals surface area (Å²) < 4.78 is 0. The Labute approximate surface area is 157 Å². The zero-order valence-corrected chi connectivity index (χ0v) is 16.4. The number of benzene rings is 1. The highest BCUT2D eigenvalue weighted by Gasteiger charge is 2.27. The molecule has 3 N–H and O–H groups in total. The normalized spacial score (nSPS) is 24.2. The van der Waals surface area contributed by atoms with Crippen molar-refractivity contribution in [3.05, 3.63) is 35.9 Å². The van der Waals surface area contributed by atoms with E-state index in [1.165, 1.54) is 12.8 Å². The van der Waals surface area contributed by atoms with Crippen molar-refractivity contribution < 1.29 is 4.79 Å². The Hall–Kier alpha value is -1.62. The average Bonchev–Trinajstić information content (AvgIpc) is 2.62. The minimum absolute atomic E-state index is 0.0396. The molecule has 0 aromatic heterocycles. The summed E-state index contributed by atoms with van der Waals surface area (Å²) in [7, 11) is 0. The molecule has 1 amide bonds. The molecule has 4 nitrogen and oxygen atoms in total. The van der Waals surface area contributed by atoms with Gasteiger partial charge in [0, 0.05) is 6.04 Å². The summed E-state index contributed by atoms with van der Waals surface area (Å²) in [6.45, 7) is 6.66. The summed E-state index contributed by atoms with van der Waals surface area (Å²) in [5.74, 6) is 1.09. The summed E-state index contributed by atoms with van der Waals surface area (Å²) in [6, 6.07) is 10.3. The molecule has 1 saturated carbocycles. The van der Waals surface area contributed by atoms with Gasteiger partial charge in [0.15, 0.2) is 5.11 Å². The van der Waals surface area contributed by atoms with Crippen LogP contribution in [-0.2, 0) is 4.79 Å². The van der Waals surface area contributed by atoms with Crippen molar-refractivity contribution in [2.75, 3.05) is 0 Å². The summed E-state index contributed by atoms with van der Waals surface area (Å²) in [6.07, 6.45) is 5.41. The van der Waals surface area contributed by atoms with Crippen LogP contribution in [0.15, 0.2) is 30.3 Å². The maximum atomic E-state index is 12.6. The summed E-state index contributed by atoms with van der Waals surface area (Å²) >= 11 is 5.38. The Morgan fingerprint density at radius 2 is 1.92 bits per heavy atom. The summed E-state index contributed by atoms with van der Waals surface area (Å²) in [4.78, 5) is 12.6. The Bertz CT molecular complexity index is 563. The van der Waals surface area contributed by atoms with E-state index in [0.29, 0.717) is 23.0 Å². The summed E-state index contributed by atoms with van der Waals surface area (Å²) in [5, 5.41) is 3.87. The molecule has 25 heavy (non-hydrogen) atoms. The molecule has 0 unspecified atom stereocenters. The van der Waals surface area contributed by atoms with Crippen LogP contribution in [0.3, 0.4) is 0 Å². The highest BCUT2D eigenvalue weighted by Crippen LogP contribution is 2.29. The smallest absolute Gasteiger partial charge is 0.245 e. The van der Waals surface area contributed by atoms with Gasteiger partial charge in [-0.05, 0) is 42.5 Å². The highest BCUT2D eigenvalue weighted by atomic mass is 32.1.